The smallest absolute Gasteiger partial charge is 0.278 e. The fraction of sp³-hybridized carbons (Fsp3) is 0. The van der Waals surface area contributed by atoms with Gasteiger partial charge in [0.05, 0.1) is 11.8 Å². The monoisotopic (exact) mass is 215 g/mol. The van der Waals surface area contributed by atoms with Gasteiger partial charge in [0.15, 0.2) is 0 Å². The maximum Gasteiger partial charge on any atom is 0.278 e. The van der Waals surface area contributed by atoms with E-state index in [1.807, 2.05) is 36.4 Å². The van der Waals surface area contributed by atoms with Crippen LogP contribution >= 0.6 is 11.3 Å². The number of hydrogen-bond acceptors (Lipinski definition) is 4. The molecule has 4 heteroatoms. The van der Waals surface area contributed by atoms with Gasteiger partial charge in [0, 0.05) is 5.38 Å². The second-order valence-electron chi connectivity index (χ2n) is 2.73. The molecule has 0 aliphatic heterocycles. The number of thiazole rings is 1. The first kappa shape index (κ1) is 9.69. The number of para-hydroxylation sites is 1. The van der Waals surface area contributed by atoms with Crippen LogP contribution in [0.4, 0.5) is 0 Å². The van der Waals surface area contributed by atoms with Crippen LogP contribution in [0.3, 0.4) is 0 Å². The molecule has 0 unspecified atom stereocenters. The lowest BCUT2D eigenvalue weighted by Crippen LogP contribution is -1.83. The number of nitriles is 1. The standard InChI is InChI=1S/C11H7N2OS/c12-7-6-9-8-15-11(13-9)14-10-4-2-1-3-5-10/h1-6,8H. The topological polar surface area (TPSA) is 45.9 Å². The minimum absolute atomic E-state index is 0.544. The first-order valence-electron chi connectivity index (χ1n) is 4.30. The molecule has 2 rings (SSSR count). The maximum atomic E-state index is 8.44. The summed E-state index contributed by atoms with van der Waals surface area (Å²) in [7, 11) is 0. The second-order valence-corrected chi connectivity index (χ2v) is 3.55. The highest BCUT2D eigenvalue weighted by Gasteiger charge is 2.03. The maximum absolute atomic E-state index is 8.44. The highest BCUT2D eigenvalue weighted by molar-refractivity contribution is 7.11. The van der Waals surface area contributed by atoms with Crippen LogP contribution in [0, 0.1) is 17.8 Å². The Morgan fingerprint density at radius 3 is 2.87 bits per heavy atom. The molecule has 0 fully saturated rings. The first-order valence-corrected chi connectivity index (χ1v) is 5.18. The molecule has 1 aromatic carbocycles. The Kier molecular flexibility index (Phi) is 2.96. The lowest BCUT2D eigenvalue weighted by atomic mass is 10.3. The largest absolute Gasteiger partial charge is 0.431 e. The van der Waals surface area contributed by atoms with Crippen molar-refractivity contribution >= 4 is 11.3 Å². The van der Waals surface area contributed by atoms with Crippen molar-refractivity contribution in [2.24, 2.45) is 0 Å². The molecule has 0 atom stereocenters. The average Bonchev–Trinajstić information content (AvgIpc) is 2.68. The van der Waals surface area contributed by atoms with E-state index in [0.717, 1.165) is 5.75 Å². The van der Waals surface area contributed by atoms with Gasteiger partial charge in [0.1, 0.15) is 12.2 Å². The minimum Gasteiger partial charge on any atom is -0.431 e. The zero-order valence-corrected chi connectivity index (χ0v) is 8.57. The van der Waals surface area contributed by atoms with Crippen molar-refractivity contribution < 1.29 is 4.74 Å². The summed E-state index contributed by atoms with van der Waals surface area (Å²) in [6.07, 6.45) is 1.38. The molecule has 0 aliphatic carbocycles. The normalized spacial score (nSPS) is 9.53. The average molecular weight is 215 g/mol. The lowest BCUT2D eigenvalue weighted by Gasteiger charge is -1.99. The molecule has 1 radical (unpaired) electrons. The van der Waals surface area contributed by atoms with Gasteiger partial charge in [-0.25, -0.2) is 4.98 Å². The van der Waals surface area contributed by atoms with Gasteiger partial charge in [-0.2, -0.15) is 5.26 Å². The van der Waals surface area contributed by atoms with Gasteiger partial charge in [0.25, 0.3) is 5.19 Å². The van der Waals surface area contributed by atoms with Crippen LogP contribution in [0.5, 0.6) is 10.9 Å². The minimum atomic E-state index is 0.544. The third-order valence-electron chi connectivity index (χ3n) is 1.66. The molecular weight excluding hydrogens is 208 g/mol. The molecule has 0 saturated heterocycles. The van der Waals surface area contributed by atoms with E-state index in [0.29, 0.717) is 10.9 Å². The van der Waals surface area contributed by atoms with Crippen LogP contribution in [-0.2, 0) is 0 Å². The SMILES string of the molecule is N#C[CH]c1csc(Oc2ccccc2)n1. The van der Waals surface area contributed by atoms with Gasteiger partial charge < -0.3 is 4.74 Å². The third kappa shape index (κ3) is 2.55. The predicted molar refractivity (Wildman–Crippen MR) is 57.6 cm³/mol. The summed E-state index contributed by atoms with van der Waals surface area (Å²) in [6, 6.07) is 11.3. The number of rotatable bonds is 3. The summed E-state index contributed by atoms with van der Waals surface area (Å²) >= 11 is 1.37. The van der Waals surface area contributed by atoms with Crippen molar-refractivity contribution in [1.29, 1.82) is 5.26 Å². The Bertz CT molecular complexity index is 473. The number of ether oxygens (including phenoxy) is 1. The summed E-state index contributed by atoms with van der Waals surface area (Å²) in [5.41, 5.74) is 0.633. The van der Waals surface area contributed by atoms with Crippen LogP contribution < -0.4 is 4.74 Å². The molecule has 2 aromatic rings. The zero-order chi connectivity index (χ0) is 10.5. The Hall–Kier alpha value is -1.86. The summed E-state index contributed by atoms with van der Waals surface area (Å²) in [4.78, 5) is 4.11. The van der Waals surface area contributed by atoms with Gasteiger partial charge >= 0.3 is 0 Å². The lowest BCUT2D eigenvalue weighted by molar-refractivity contribution is 0.478. The van der Waals surface area contributed by atoms with E-state index in [1.54, 1.807) is 5.38 Å². The van der Waals surface area contributed by atoms with Gasteiger partial charge in [-0.05, 0) is 12.1 Å². The molecule has 0 aliphatic rings. The van der Waals surface area contributed by atoms with Gasteiger partial charge in [0.2, 0.25) is 0 Å². The molecule has 3 nitrogen and oxygen atoms in total. The number of nitrogens with zero attached hydrogens (tertiary/aromatic N) is 2. The molecule has 0 saturated carbocycles. The Labute approximate surface area is 91.6 Å². The van der Waals surface area contributed by atoms with Crippen LogP contribution in [0.15, 0.2) is 35.7 Å². The fourth-order valence-corrected chi connectivity index (χ4v) is 1.68. The molecule has 0 spiro atoms. The van der Waals surface area contributed by atoms with E-state index in [9.17, 15) is 0 Å². The zero-order valence-electron chi connectivity index (χ0n) is 7.75. The van der Waals surface area contributed by atoms with Crippen molar-refractivity contribution in [1.82, 2.24) is 4.98 Å². The van der Waals surface area contributed by atoms with Crippen molar-refractivity contribution in [3.05, 3.63) is 47.8 Å². The summed E-state index contributed by atoms with van der Waals surface area (Å²) in [5, 5.41) is 10.8. The van der Waals surface area contributed by atoms with Crippen molar-refractivity contribution in [2.45, 2.75) is 0 Å². The quantitative estimate of drug-likeness (QED) is 0.790. The van der Waals surface area contributed by atoms with Crippen LogP contribution in [0.2, 0.25) is 0 Å². The summed E-state index contributed by atoms with van der Waals surface area (Å²) < 4.78 is 5.48. The van der Waals surface area contributed by atoms with E-state index >= 15 is 0 Å². The molecule has 15 heavy (non-hydrogen) atoms. The molecule has 1 heterocycles. The van der Waals surface area contributed by atoms with E-state index in [4.69, 9.17) is 10.00 Å². The van der Waals surface area contributed by atoms with Crippen molar-refractivity contribution in [3.8, 4) is 17.0 Å². The molecule has 73 valence electrons. The molecule has 0 bridgehead atoms. The molecule has 0 amide bonds. The van der Waals surface area contributed by atoms with E-state index < -0.39 is 0 Å². The first-order chi connectivity index (χ1) is 7.38. The molecule has 0 N–H and O–H groups in total. The summed E-state index contributed by atoms with van der Waals surface area (Å²) in [6.45, 7) is 0. The van der Waals surface area contributed by atoms with Gasteiger partial charge in [-0.3, -0.25) is 0 Å². The van der Waals surface area contributed by atoms with E-state index in [1.165, 1.54) is 17.8 Å². The Balaban J connectivity index is 2.09. The predicted octanol–water partition coefficient (Wildman–Crippen LogP) is 3.01. The number of hydrogen-bond donors (Lipinski definition) is 0. The Morgan fingerprint density at radius 2 is 2.13 bits per heavy atom. The van der Waals surface area contributed by atoms with Crippen molar-refractivity contribution in [3.63, 3.8) is 0 Å². The van der Waals surface area contributed by atoms with E-state index in [-0.39, 0.29) is 0 Å². The van der Waals surface area contributed by atoms with Crippen LogP contribution in [0.25, 0.3) is 0 Å². The van der Waals surface area contributed by atoms with Crippen LogP contribution in [0.1, 0.15) is 5.69 Å². The van der Waals surface area contributed by atoms with Crippen LogP contribution in [-0.4, -0.2) is 4.98 Å². The highest BCUT2D eigenvalue weighted by atomic mass is 32.1. The third-order valence-corrected chi connectivity index (χ3v) is 2.40. The van der Waals surface area contributed by atoms with E-state index in [2.05, 4.69) is 4.98 Å². The van der Waals surface area contributed by atoms with Gasteiger partial charge in [-0.15, -0.1) is 0 Å². The highest BCUT2D eigenvalue weighted by Crippen LogP contribution is 2.25. The Morgan fingerprint density at radius 1 is 1.33 bits per heavy atom. The second kappa shape index (κ2) is 4.58. The summed E-state index contributed by atoms with van der Waals surface area (Å²) in [5.74, 6) is 0.746. The molecular formula is C11H7N2OS. The van der Waals surface area contributed by atoms with Crippen molar-refractivity contribution in [2.75, 3.05) is 0 Å². The van der Waals surface area contributed by atoms with Gasteiger partial charge in [-0.1, -0.05) is 29.5 Å². The molecule has 1 aromatic heterocycles. The number of aromatic nitrogens is 1. The fourth-order valence-electron chi connectivity index (χ4n) is 1.04. The number of benzene rings is 1.